The molecule has 2 N–H and O–H groups in total. The first-order chi connectivity index (χ1) is 9.97. The van der Waals surface area contributed by atoms with Crippen LogP contribution in [0.25, 0.3) is 0 Å². The lowest BCUT2D eigenvalue weighted by molar-refractivity contribution is 0.0479. The van der Waals surface area contributed by atoms with E-state index < -0.39 is 18.0 Å². The molecule has 1 aromatic carbocycles. The summed E-state index contributed by atoms with van der Waals surface area (Å²) in [5.74, 6) is -1.02. The summed E-state index contributed by atoms with van der Waals surface area (Å²) in [5, 5.41) is 16.0. The molecule has 1 aromatic rings. The molecule has 0 fully saturated rings. The van der Waals surface area contributed by atoms with Gasteiger partial charge in [-0.1, -0.05) is 12.1 Å². The van der Waals surface area contributed by atoms with E-state index in [1.165, 1.54) is 6.92 Å². The van der Waals surface area contributed by atoms with E-state index in [0.29, 0.717) is 0 Å². The highest BCUT2D eigenvalue weighted by Gasteiger charge is 2.17. The summed E-state index contributed by atoms with van der Waals surface area (Å²) in [6.45, 7) is 5.36. The van der Waals surface area contributed by atoms with Gasteiger partial charge in [0.15, 0.2) is 0 Å². The Bertz CT molecular complexity index is 405. The van der Waals surface area contributed by atoms with E-state index in [1.54, 1.807) is 38.1 Å². The molecule has 0 spiro atoms. The number of carbonyl (C=O) groups is 2. The highest BCUT2D eigenvalue weighted by Crippen LogP contribution is 2.11. The lowest BCUT2D eigenvalue weighted by Gasteiger charge is -2.07. The predicted octanol–water partition coefficient (Wildman–Crippen LogP) is 1.40. The topological polar surface area (TPSA) is 93.1 Å². The first-order valence-electron chi connectivity index (χ1n) is 6.70. The first-order valence-corrected chi connectivity index (χ1v) is 6.70. The fourth-order valence-electron chi connectivity index (χ4n) is 1.26. The predicted molar refractivity (Wildman–Crippen MR) is 77.1 cm³/mol. The van der Waals surface area contributed by atoms with Gasteiger partial charge in [0.25, 0.3) is 0 Å². The van der Waals surface area contributed by atoms with Crippen molar-refractivity contribution in [2.45, 2.75) is 26.9 Å². The van der Waals surface area contributed by atoms with Crippen molar-refractivity contribution in [2.24, 2.45) is 0 Å². The molecule has 0 heterocycles. The molecule has 118 valence electrons. The Morgan fingerprint density at radius 2 is 1.38 bits per heavy atom. The maximum Gasteiger partial charge on any atom is 0.338 e. The number of benzene rings is 1. The van der Waals surface area contributed by atoms with Crippen molar-refractivity contribution >= 4 is 11.9 Å². The van der Waals surface area contributed by atoms with Crippen molar-refractivity contribution in [2.75, 3.05) is 19.8 Å². The summed E-state index contributed by atoms with van der Waals surface area (Å²) in [6.07, 6.45) is -0.560. The largest absolute Gasteiger partial charge is 0.462 e. The van der Waals surface area contributed by atoms with Gasteiger partial charge in [-0.15, -0.1) is 0 Å². The SMILES string of the molecule is CC(O)CO.CCOC(=O)c1ccccc1C(=O)OCC. The first kappa shape index (κ1) is 19.1. The molecule has 0 aromatic heterocycles. The number of ether oxygens (including phenoxy) is 2. The van der Waals surface area contributed by atoms with E-state index in [4.69, 9.17) is 19.7 Å². The van der Waals surface area contributed by atoms with Crippen molar-refractivity contribution in [1.29, 1.82) is 0 Å². The third-order valence-electron chi connectivity index (χ3n) is 2.18. The average Bonchev–Trinajstić information content (AvgIpc) is 2.48. The van der Waals surface area contributed by atoms with E-state index in [-0.39, 0.29) is 30.9 Å². The van der Waals surface area contributed by atoms with Gasteiger partial charge in [-0.2, -0.15) is 0 Å². The standard InChI is InChI=1S/C12H14O4.C3H8O2/c1-3-15-11(13)9-7-5-6-8-10(9)12(14)16-4-2;1-3(5)2-4/h5-8H,3-4H2,1-2H3;3-5H,2H2,1H3. The highest BCUT2D eigenvalue weighted by molar-refractivity contribution is 6.03. The van der Waals surface area contributed by atoms with E-state index in [2.05, 4.69) is 0 Å². The smallest absolute Gasteiger partial charge is 0.338 e. The van der Waals surface area contributed by atoms with Crippen LogP contribution < -0.4 is 0 Å². The van der Waals surface area contributed by atoms with Gasteiger partial charge in [0.2, 0.25) is 0 Å². The summed E-state index contributed by atoms with van der Waals surface area (Å²) in [6, 6.07) is 6.44. The molecule has 21 heavy (non-hydrogen) atoms. The Hall–Kier alpha value is -1.92. The number of hydrogen-bond acceptors (Lipinski definition) is 6. The van der Waals surface area contributed by atoms with Gasteiger partial charge in [-0.25, -0.2) is 9.59 Å². The second-order valence-electron chi connectivity index (χ2n) is 4.02. The van der Waals surface area contributed by atoms with Gasteiger partial charge in [-0.05, 0) is 32.9 Å². The van der Waals surface area contributed by atoms with Gasteiger partial charge in [0, 0.05) is 0 Å². The van der Waals surface area contributed by atoms with Crippen LogP contribution in [0.4, 0.5) is 0 Å². The summed E-state index contributed by atoms with van der Waals surface area (Å²) in [7, 11) is 0. The summed E-state index contributed by atoms with van der Waals surface area (Å²) in [5.41, 5.74) is 0.477. The molecule has 0 saturated carbocycles. The lowest BCUT2D eigenvalue weighted by atomic mass is 10.1. The molecule has 0 aliphatic rings. The van der Waals surface area contributed by atoms with Crippen LogP contribution in [0.1, 0.15) is 41.5 Å². The van der Waals surface area contributed by atoms with Crippen LogP contribution >= 0.6 is 0 Å². The Morgan fingerprint density at radius 3 is 1.62 bits per heavy atom. The Labute approximate surface area is 124 Å². The average molecular weight is 298 g/mol. The van der Waals surface area contributed by atoms with Crippen LogP contribution in [-0.2, 0) is 9.47 Å². The molecule has 0 saturated heterocycles. The Morgan fingerprint density at radius 1 is 1.05 bits per heavy atom. The molecular formula is C15H22O6. The Balaban J connectivity index is 0.000000690. The van der Waals surface area contributed by atoms with Crippen LogP contribution in [0.5, 0.6) is 0 Å². The van der Waals surface area contributed by atoms with Crippen LogP contribution in [0.15, 0.2) is 24.3 Å². The molecule has 6 nitrogen and oxygen atoms in total. The van der Waals surface area contributed by atoms with Crippen LogP contribution in [0, 0.1) is 0 Å². The minimum atomic E-state index is -0.560. The number of aliphatic hydroxyl groups excluding tert-OH is 2. The maximum absolute atomic E-state index is 11.5. The van der Waals surface area contributed by atoms with Crippen molar-refractivity contribution in [3.8, 4) is 0 Å². The monoisotopic (exact) mass is 298 g/mol. The van der Waals surface area contributed by atoms with Gasteiger partial charge < -0.3 is 19.7 Å². The lowest BCUT2D eigenvalue weighted by Crippen LogP contribution is -2.13. The molecule has 6 heteroatoms. The van der Waals surface area contributed by atoms with E-state index in [1.807, 2.05) is 0 Å². The number of aliphatic hydroxyl groups is 2. The van der Waals surface area contributed by atoms with E-state index >= 15 is 0 Å². The number of esters is 2. The quantitative estimate of drug-likeness (QED) is 0.798. The zero-order chi connectivity index (χ0) is 16.3. The molecule has 1 rings (SSSR count). The molecule has 1 unspecified atom stereocenters. The van der Waals surface area contributed by atoms with Gasteiger partial charge in [-0.3, -0.25) is 0 Å². The molecule has 0 amide bonds. The highest BCUT2D eigenvalue weighted by atomic mass is 16.5. The van der Waals surface area contributed by atoms with Crippen molar-refractivity contribution in [3.05, 3.63) is 35.4 Å². The van der Waals surface area contributed by atoms with Crippen LogP contribution in [0.3, 0.4) is 0 Å². The molecule has 1 atom stereocenters. The van der Waals surface area contributed by atoms with E-state index in [9.17, 15) is 9.59 Å². The van der Waals surface area contributed by atoms with Gasteiger partial charge in [0.05, 0.1) is 37.1 Å². The number of carbonyl (C=O) groups excluding carboxylic acids is 2. The minimum absolute atomic E-state index is 0.139. The van der Waals surface area contributed by atoms with Crippen LogP contribution in [0.2, 0.25) is 0 Å². The second-order valence-corrected chi connectivity index (χ2v) is 4.02. The molecular weight excluding hydrogens is 276 g/mol. The normalized spacial score (nSPS) is 10.9. The number of hydrogen-bond donors (Lipinski definition) is 2. The van der Waals surface area contributed by atoms with Crippen molar-refractivity contribution in [1.82, 2.24) is 0 Å². The zero-order valence-electron chi connectivity index (χ0n) is 12.5. The molecule has 0 aliphatic carbocycles. The Kier molecular flexibility index (Phi) is 9.83. The molecule has 0 aliphatic heterocycles. The fraction of sp³-hybridized carbons (Fsp3) is 0.467. The maximum atomic E-state index is 11.5. The minimum Gasteiger partial charge on any atom is -0.462 e. The van der Waals surface area contributed by atoms with Gasteiger partial charge >= 0.3 is 11.9 Å². The molecule has 0 radical (unpaired) electrons. The van der Waals surface area contributed by atoms with E-state index in [0.717, 1.165) is 0 Å². The fourth-order valence-corrected chi connectivity index (χ4v) is 1.26. The third kappa shape index (κ3) is 7.43. The second kappa shape index (κ2) is 10.8. The van der Waals surface area contributed by atoms with Crippen LogP contribution in [-0.4, -0.2) is 48.1 Å². The van der Waals surface area contributed by atoms with Gasteiger partial charge in [0.1, 0.15) is 0 Å². The summed E-state index contributed by atoms with van der Waals surface area (Å²) < 4.78 is 9.70. The summed E-state index contributed by atoms with van der Waals surface area (Å²) >= 11 is 0. The zero-order valence-corrected chi connectivity index (χ0v) is 12.5. The van der Waals surface area contributed by atoms with Crippen molar-refractivity contribution < 1.29 is 29.3 Å². The third-order valence-corrected chi connectivity index (χ3v) is 2.18. The molecule has 0 bridgehead atoms. The summed E-state index contributed by atoms with van der Waals surface area (Å²) in [4.78, 5) is 23.1. The van der Waals surface area contributed by atoms with Crippen molar-refractivity contribution in [3.63, 3.8) is 0 Å². The number of rotatable bonds is 5.